The molecule has 0 aromatic rings. The molecule has 1 saturated carbocycles. The van der Waals surface area contributed by atoms with Crippen molar-refractivity contribution in [2.45, 2.75) is 63.8 Å². The predicted octanol–water partition coefficient (Wildman–Crippen LogP) is 2.79. The van der Waals surface area contributed by atoms with E-state index in [9.17, 15) is 5.11 Å². The van der Waals surface area contributed by atoms with Crippen LogP contribution >= 0.6 is 0 Å². The minimum Gasteiger partial charge on any atom is -0.393 e. The fourth-order valence-electron chi connectivity index (χ4n) is 3.42. The molecule has 2 fully saturated rings. The molecule has 1 saturated heterocycles. The third-order valence-corrected chi connectivity index (χ3v) is 8.47. The van der Waals surface area contributed by atoms with Gasteiger partial charge in [-0.2, -0.15) is 0 Å². The van der Waals surface area contributed by atoms with Gasteiger partial charge in [-0.1, -0.05) is 26.6 Å². The molecule has 1 aliphatic heterocycles. The highest BCUT2D eigenvalue weighted by atomic mass is 28.3. The average Bonchev–Trinajstić information content (AvgIpc) is 2.64. The van der Waals surface area contributed by atoms with Gasteiger partial charge >= 0.3 is 0 Å². The molecule has 0 bridgehead atoms. The zero-order valence-electron chi connectivity index (χ0n) is 12.5. The molecule has 1 heterocycles. The van der Waals surface area contributed by atoms with E-state index in [2.05, 4.69) is 26.6 Å². The van der Waals surface area contributed by atoms with Gasteiger partial charge in [0, 0.05) is 12.3 Å². The van der Waals surface area contributed by atoms with Gasteiger partial charge in [0.25, 0.3) is 0 Å². The lowest BCUT2D eigenvalue weighted by atomic mass is 9.75. The fraction of sp³-hybridized carbons (Fsp3) is 1.00. The molecule has 1 aliphatic carbocycles. The van der Waals surface area contributed by atoms with Gasteiger partial charge in [0.2, 0.25) is 0 Å². The molecule has 106 valence electrons. The van der Waals surface area contributed by atoms with Crippen molar-refractivity contribution in [3.05, 3.63) is 0 Å². The highest BCUT2D eigenvalue weighted by molar-refractivity contribution is 6.78. The van der Waals surface area contributed by atoms with Crippen LogP contribution in [0.2, 0.25) is 19.6 Å². The lowest BCUT2D eigenvalue weighted by molar-refractivity contribution is -0.246. The third-order valence-electron chi connectivity index (χ3n) is 5.09. The van der Waals surface area contributed by atoms with Crippen molar-refractivity contribution in [1.29, 1.82) is 0 Å². The topological polar surface area (TPSA) is 38.7 Å². The maximum atomic E-state index is 11.1. The summed E-state index contributed by atoms with van der Waals surface area (Å²) in [5.41, 5.74) is 0. The second-order valence-corrected chi connectivity index (χ2v) is 12.9. The summed E-state index contributed by atoms with van der Waals surface area (Å²) in [5.74, 6) is 0.230. The van der Waals surface area contributed by atoms with Crippen LogP contribution in [0.15, 0.2) is 0 Å². The SMILES string of the molecule is C[C@@H]1CC[C@@H]([C@](C)(O)[Si](C)(C)C)C2(C1)OCCO2. The zero-order valence-corrected chi connectivity index (χ0v) is 13.5. The Labute approximate surface area is 112 Å². The van der Waals surface area contributed by atoms with E-state index in [4.69, 9.17) is 9.47 Å². The maximum Gasteiger partial charge on any atom is 0.173 e. The average molecular weight is 272 g/mol. The van der Waals surface area contributed by atoms with Crippen molar-refractivity contribution >= 4 is 8.07 Å². The van der Waals surface area contributed by atoms with Gasteiger partial charge in [-0.3, -0.25) is 0 Å². The summed E-state index contributed by atoms with van der Waals surface area (Å²) >= 11 is 0. The third kappa shape index (κ3) is 2.28. The highest BCUT2D eigenvalue weighted by Crippen LogP contribution is 2.49. The van der Waals surface area contributed by atoms with Gasteiger partial charge in [0.05, 0.1) is 26.5 Å². The van der Waals surface area contributed by atoms with Crippen molar-refractivity contribution in [1.82, 2.24) is 0 Å². The molecular formula is C14H28O3Si. The van der Waals surface area contributed by atoms with Crippen LogP contribution < -0.4 is 0 Å². The first-order valence-corrected chi connectivity index (χ1v) is 10.7. The normalized spacial score (nSPS) is 35.7. The highest BCUT2D eigenvalue weighted by Gasteiger charge is 2.58. The van der Waals surface area contributed by atoms with Crippen LogP contribution in [0.5, 0.6) is 0 Å². The van der Waals surface area contributed by atoms with E-state index in [1.807, 2.05) is 6.92 Å². The summed E-state index contributed by atoms with van der Waals surface area (Å²) in [6.07, 6.45) is 3.11. The van der Waals surface area contributed by atoms with E-state index >= 15 is 0 Å². The van der Waals surface area contributed by atoms with Crippen molar-refractivity contribution < 1.29 is 14.6 Å². The molecule has 1 N–H and O–H groups in total. The van der Waals surface area contributed by atoms with Gasteiger partial charge in [-0.15, -0.1) is 0 Å². The molecule has 0 aromatic heterocycles. The zero-order chi connectivity index (χ0) is 13.6. The van der Waals surface area contributed by atoms with Gasteiger partial charge in [-0.05, 0) is 25.7 Å². The van der Waals surface area contributed by atoms with Gasteiger partial charge in [0.15, 0.2) is 5.79 Å². The first kappa shape index (κ1) is 14.5. The van der Waals surface area contributed by atoms with Crippen LogP contribution in [0, 0.1) is 11.8 Å². The van der Waals surface area contributed by atoms with Crippen molar-refractivity contribution in [3.8, 4) is 0 Å². The van der Waals surface area contributed by atoms with Crippen LogP contribution in [-0.2, 0) is 9.47 Å². The minimum absolute atomic E-state index is 0.121. The van der Waals surface area contributed by atoms with Gasteiger partial charge in [0.1, 0.15) is 0 Å². The monoisotopic (exact) mass is 272 g/mol. The first-order chi connectivity index (χ1) is 8.19. The Hall–Kier alpha value is 0.0969. The van der Waals surface area contributed by atoms with E-state index in [0.29, 0.717) is 19.1 Å². The second-order valence-electron chi connectivity index (χ2n) is 7.35. The Morgan fingerprint density at radius 3 is 2.22 bits per heavy atom. The summed E-state index contributed by atoms with van der Waals surface area (Å²) in [6.45, 7) is 12.3. The molecule has 0 amide bonds. The van der Waals surface area contributed by atoms with E-state index in [0.717, 1.165) is 12.8 Å². The largest absolute Gasteiger partial charge is 0.393 e. The fourth-order valence-corrected chi connectivity index (χ4v) is 4.83. The second kappa shape index (κ2) is 4.58. The Morgan fingerprint density at radius 2 is 1.72 bits per heavy atom. The van der Waals surface area contributed by atoms with Crippen molar-refractivity contribution in [2.24, 2.45) is 11.8 Å². The van der Waals surface area contributed by atoms with E-state index in [-0.39, 0.29) is 5.92 Å². The van der Waals surface area contributed by atoms with E-state index in [1.54, 1.807) is 0 Å². The molecule has 18 heavy (non-hydrogen) atoms. The Balaban J connectivity index is 2.30. The molecule has 2 rings (SSSR count). The summed E-state index contributed by atoms with van der Waals surface area (Å²) in [6, 6.07) is 0. The van der Waals surface area contributed by atoms with Crippen LogP contribution in [0.3, 0.4) is 0 Å². The Bertz CT molecular complexity index is 303. The molecule has 3 atom stereocenters. The van der Waals surface area contributed by atoms with Crippen LogP contribution in [0.1, 0.15) is 33.1 Å². The quantitative estimate of drug-likeness (QED) is 0.786. The predicted molar refractivity (Wildman–Crippen MR) is 75.1 cm³/mol. The summed E-state index contributed by atoms with van der Waals surface area (Å²) in [7, 11) is -1.69. The smallest absolute Gasteiger partial charge is 0.173 e. The number of aliphatic hydroxyl groups is 1. The van der Waals surface area contributed by atoms with Crippen LogP contribution in [0.4, 0.5) is 0 Å². The number of ether oxygens (including phenoxy) is 2. The Kier molecular flexibility index (Phi) is 3.69. The summed E-state index contributed by atoms with van der Waals surface area (Å²) in [4.78, 5) is 0. The molecule has 4 heteroatoms. The lowest BCUT2D eigenvalue weighted by Gasteiger charge is -2.52. The standard InChI is InChI=1S/C14H28O3Si/c1-11-6-7-12(13(2,15)18(3,4)5)14(10-11)16-8-9-17-14/h11-12,15H,6-10H2,1-5H3/t11-,12+,13-/m1/s1. The van der Waals surface area contributed by atoms with E-state index in [1.165, 1.54) is 6.42 Å². The number of hydrogen-bond donors (Lipinski definition) is 1. The summed E-state index contributed by atoms with van der Waals surface area (Å²) < 4.78 is 12.0. The minimum atomic E-state index is -1.69. The lowest BCUT2D eigenvalue weighted by Crippen LogP contribution is -2.63. The molecule has 1 spiro atoms. The molecule has 0 aromatic carbocycles. The maximum absolute atomic E-state index is 11.1. The Morgan fingerprint density at radius 1 is 1.17 bits per heavy atom. The molecule has 0 unspecified atom stereocenters. The molecular weight excluding hydrogens is 244 g/mol. The van der Waals surface area contributed by atoms with Crippen molar-refractivity contribution in [2.75, 3.05) is 13.2 Å². The molecule has 2 aliphatic rings. The number of hydrogen-bond acceptors (Lipinski definition) is 3. The molecule has 3 nitrogen and oxygen atoms in total. The van der Waals surface area contributed by atoms with Gasteiger partial charge < -0.3 is 14.6 Å². The van der Waals surface area contributed by atoms with E-state index < -0.39 is 19.1 Å². The van der Waals surface area contributed by atoms with Crippen LogP contribution in [-0.4, -0.2) is 37.4 Å². The number of rotatable bonds is 2. The van der Waals surface area contributed by atoms with Crippen LogP contribution in [0.25, 0.3) is 0 Å². The van der Waals surface area contributed by atoms with Crippen molar-refractivity contribution in [3.63, 3.8) is 0 Å². The summed E-state index contributed by atoms with van der Waals surface area (Å²) in [5, 5.41) is 10.4. The van der Waals surface area contributed by atoms with Gasteiger partial charge in [-0.25, -0.2) is 0 Å². The first-order valence-electron chi connectivity index (χ1n) is 7.19. The molecule has 0 radical (unpaired) electrons.